The van der Waals surface area contributed by atoms with Crippen LogP contribution in [0.5, 0.6) is 11.5 Å². The molecule has 0 spiro atoms. The molecule has 2 aromatic carbocycles. The number of benzene rings is 2. The summed E-state index contributed by atoms with van der Waals surface area (Å²) in [5.74, 6) is 0.548. The quantitative estimate of drug-likeness (QED) is 0.436. The molecular weight excluding hydrogens is 478 g/mol. The molecule has 0 bridgehead atoms. The van der Waals surface area contributed by atoms with Crippen LogP contribution < -0.4 is 4.74 Å². The second-order valence-corrected chi connectivity index (χ2v) is 11.9. The smallest absolute Gasteiger partial charge is 0.273 e. The number of sulfone groups is 1. The number of aromatic nitrogens is 2. The molecule has 3 heterocycles. The highest BCUT2D eigenvalue weighted by molar-refractivity contribution is 7.91. The number of carbonyl (C=O) groups is 1. The van der Waals surface area contributed by atoms with Crippen LogP contribution in [0.25, 0.3) is 11.3 Å². The van der Waals surface area contributed by atoms with E-state index in [4.69, 9.17) is 4.74 Å². The molecule has 3 aromatic rings. The van der Waals surface area contributed by atoms with E-state index in [0.29, 0.717) is 35.5 Å². The minimum atomic E-state index is -3.21. The van der Waals surface area contributed by atoms with Crippen LogP contribution in [0.15, 0.2) is 42.5 Å². The summed E-state index contributed by atoms with van der Waals surface area (Å²) in [6.45, 7) is 4.71. The highest BCUT2D eigenvalue weighted by Gasteiger charge is 2.48. The van der Waals surface area contributed by atoms with E-state index in [1.807, 2.05) is 43.3 Å². The van der Waals surface area contributed by atoms with Gasteiger partial charge in [0.2, 0.25) is 0 Å². The van der Waals surface area contributed by atoms with E-state index < -0.39 is 21.9 Å². The van der Waals surface area contributed by atoms with Gasteiger partial charge in [0.05, 0.1) is 24.2 Å². The lowest BCUT2D eigenvalue weighted by molar-refractivity contribution is 0.0677. The van der Waals surface area contributed by atoms with Gasteiger partial charge in [0.25, 0.3) is 5.91 Å². The third kappa shape index (κ3) is 4.48. The number of aromatic amines is 1. The first-order valence-electron chi connectivity index (χ1n) is 12.4. The van der Waals surface area contributed by atoms with E-state index >= 15 is 0 Å². The topological polar surface area (TPSA) is 113 Å². The Morgan fingerprint density at radius 1 is 1.17 bits per heavy atom. The van der Waals surface area contributed by atoms with E-state index in [1.165, 1.54) is 0 Å². The molecule has 1 amide bonds. The first kappa shape index (κ1) is 24.4. The Kier molecular flexibility index (Phi) is 6.51. The van der Waals surface area contributed by atoms with Gasteiger partial charge in [0, 0.05) is 17.2 Å². The lowest BCUT2D eigenvalue weighted by Gasteiger charge is -2.31. The van der Waals surface area contributed by atoms with E-state index in [0.717, 1.165) is 36.1 Å². The minimum absolute atomic E-state index is 0.0589. The second kappa shape index (κ2) is 9.61. The van der Waals surface area contributed by atoms with Crippen LogP contribution in [0.3, 0.4) is 0 Å². The molecule has 190 valence electrons. The monoisotopic (exact) mass is 509 g/mol. The predicted molar refractivity (Wildman–Crippen MR) is 137 cm³/mol. The molecule has 1 saturated heterocycles. The van der Waals surface area contributed by atoms with Gasteiger partial charge in [-0.05, 0) is 49.6 Å². The summed E-state index contributed by atoms with van der Waals surface area (Å²) in [7, 11) is -3.21. The number of hydrogen-bond acceptors (Lipinski definition) is 6. The zero-order valence-electron chi connectivity index (χ0n) is 20.5. The van der Waals surface area contributed by atoms with Crippen molar-refractivity contribution in [3.63, 3.8) is 0 Å². The van der Waals surface area contributed by atoms with Crippen molar-refractivity contribution >= 4 is 15.7 Å². The predicted octanol–water partition coefficient (Wildman–Crippen LogP) is 4.39. The van der Waals surface area contributed by atoms with Gasteiger partial charge in [0.15, 0.2) is 9.84 Å². The Labute approximate surface area is 211 Å². The van der Waals surface area contributed by atoms with E-state index in [2.05, 4.69) is 17.1 Å². The maximum Gasteiger partial charge on any atom is 0.273 e. The van der Waals surface area contributed by atoms with Crippen molar-refractivity contribution < 1.29 is 23.1 Å². The number of ether oxygens (including phenoxy) is 1. The fourth-order valence-electron chi connectivity index (χ4n) is 5.20. The largest absolute Gasteiger partial charge is 0.507 e. The van der Waals surface area contributed by atoms with Crippen LogP contribution >= 0.6 is 0 Å². The lowest BCUT2D eigenvalue weighted by Crippen LogP contribution is -2.40. The fourth-order valence-corrected chi connectivity index (χ4v) is 6.91. The Morgan fingerprint density at radius 2 is 1.94 bits per heavy atom. The first-order valence-corrected chi connectivity index (χ1v) is 14.3. The number of hydrogen-bond donors (Lipinski definition) is 2. The molecule has 0 saturated carbocycles. The number of aromatic hydroxyl groups is 1. The third-order valence-electron chi connectivity index (χ3n) is 7.03. The van der Waals surface area contributed by atoms with Crippen molar-refractivity contribution in [2.75, 3.05) is 18.1 Å². The highest BCUT2D eigenvalue weighted by atomic mass is 32.2. The molecule has 2 aliphatic heterocycles. The summed E-state index contributed by atoms with van der Waals surface area (Å²) < 4.78 is 30.5. The summed E-state index contributed by atoms with van der Waals surface area (Å²) in [6.07, 6.45) is 3.61. The standard InChI is InChI=1S/C27H31N3O5S/c1-3-4-5-13-35-20-9-7-18(8-10-20)26-23-24(21-15-17(2)6-11-22(21)31)28-29-25(23)27(32)30(26)19-12-14-36(33,34)16-19/h6-11,15,19,26,31H,3-5,12-14,16H2,1-2H3,(H,28,29). The Bertz CT molecular complexity index is 1380. The molecule has 36 heavy (non-hydrogen) atoms. The van der Waals surface area contributed by atoms with Crippen molar-refractivity contribution in [3.05, 3.63) is 64.8 Å². The van der Waals surface area contributed by atoms with Crippen LogP contribution in [-0.2, 0) is 9.84 Å². The van der Waals surface area contributed by atoms with E-state index in [1.54, 1.807) is 11.0 Å². The van der Waals surface area contributed by atoms with Crippen molar-refractivity contribution in [2.45, 2.75) is 51.6 Å². The summed E-state index contributed by atoms with van der Waals surface area (Å²) in [4.78, 5) is 15.3. The number of nitrogens with one attached hydrogen (secondary N) is 1. The molecular formula is C27H31N3O5S. The van der Waals surface area contributed by atoms with Crippen LogP contribution in [-0.4, -0.2) is 58.7 Å². The maximum absolute atomic E-state index is 13.6. The molecule has 1 fully saturated rings. The van der Waals surface area contributed by atoms with Gasteiger partial charge in [-0.15, -0.1) is 0 Å². The number of nitrogens with zero attached hydrogens (tertiary/aromatic N) is 2. The van der Waals surface area contributed by atoms with Gasteiger partial charge >= 0.3 is 0 Å². The first-order chi connectivity index (χ1) is 17.3. The third-order valence-corrected chi connectivity index (χ3v) is 8.78. The summed E-state index contributed by atoms with van der Waals surface area (Å²) in [6, 6.07) is 11.9. The van der Waals surface area contributed by atoms with E-state index in [9.17, 15) is 18.3 Å². The Morgan fingerprint density at radius 3 is 2.64 bits per heavy atom. The molecule has 2 unspecified atom stereocenters. The number of H-pyrrole nitrogens is 1. The van der Waals surface area contributed by atoms with Crippen LogP contribution in [0, 0.1) is 6.92 Å². The summed E-state index contributed by atoms with van der Waals surface area (Å²) in [5, 5.41) is 17.9. The summed E-state index contributed by atoms with van der Waals surface area (Å²) >= 11 is 0. The van der Waals surface area contributed by atoms with Crippen molar-refractivity contribution in [3.8, 4) is 22.8 Å². The Balaban J connectivity index is 1.56. The number of fused-ring (bicyclic) bond motifs is 1. The SMILES string of the molecule is CCCCCOc1ccc(C2c3c(-c4cc(C)ccc4O)n[nH]c3C(=O)N2C2CCS(=O)(=O)C2)cc1. The second-order valence-electron chi connectivity index (χ2n) is 9.68. The zero-order valence-corrected chi connectivity index (χ0v) is 21.3. The van der Waals surface area contributed by atoms with Crippen molar-refractivity contribution in [2.24, 2.45) is 0 Å². The normalized spacial score (nSPS) is 20.6. The van der Waals surface area contributed by atoms with Gasteiger partial charge in [-0.3, -0.25) is 9.89 Å². The van der Waals surface area contributed by atoms with E-state index in [-0.39, 0.29) is 23.2 Å². The molecule has 9 heteroatoms. The molecule has 1 aromatic heterocycles. The lowest BCUT2D eigenvalue weighted by atomic mass is 9.94. The highest BCUT2D eigenvalue weighted by Crippen LogP contribution is 2.46. The number of phenolic OH excluding ortho intramolecular Hbond substituents is 1. The molecule has 8 nitrogen and oxygen atoms in total. The van der Waals surface area contributed by atoms with Crippen molar-refractivity contribution in [1.29, 1.82) is 0 Å². The number of unbranched alkanes of at least 4 members (excludes halogenated alkanes) is 2. The van der Waals surface area contributed by atoms with Gasteiger partial charge in [0.1, 0.15) is 22.9 Å². The number of amides is 1. The fraction of sp³-hybridized carbons (Fsp3) is 0.407. The van der Waals surface area contributed by atoms with Crippen LogP contribution in [0.2, 0.25) is 0 Å². The molecule has 5 rings (SSSR count). The minimum Gasteiger partial charge on any atom is -0.507 e. The Hall–Kier alpha value is -3.33. The number of carbonyl (C=O) groups excluding carboxylic acids is 1. The average Bonchev–Trinajstić information content (AvgIpc) is 3.52. The van der Waals surface area contributed by atoms with Crippen molar-refractivity contribution in [1.82, 2.24) is 15.1 Å². The van der Waals surface area contributed by atoms with Crippen LogP contribution in [0.4, 0.5) is 0 Å². The molecule has 0 aliphatic carbocycles. The number of aryl methyl sites for hydroxylation is 1. The number of phenols is 1. The average molecular weight is 510 g/mol. The zero-order chi connectivity index (χ0) is 25.4. The van der Waals surface area contributed by atoms with Crippen LogP contribution in [0.1, 0.15) is 65.8 Å². The number of rotatable bonds is 8. The maximum atomic E-state index is 13.6. The summed E-state index contributed by atoms with van der Waals surface area (Å²) in [5.41, 5.74) is 3.79. The molecule has 2 aliphatic rings. The van der Waals surface area contributed by atoms with Gasteiger partial charge in [-0.1, -0.05) is 43.5 Å². The van der Waals surface area contributed by atoms with Gasteiger partial charge in [-0.25, -0.2) is 8.42 Å². The van der Waals surface area contributed by atoms with Gasteiger partial charge in [-0.2, -0.15) is 5.10 Å². The van der Waals surface area contributed by atoms with Gasteiger partial charge < -0.3 is 14.7 Å². The molecule has 2 atom stereocenters. The molecule has 0 radical (unpaired) electrons. The molecule has 2 N–H and O–H groups in total.